The van der Waals surface area contributed by atoms with Crippen LogP contribution < -0.4 is 10.6 Å². The Hall–Kier alpha value is -0.600. The highest BCUT2D eigenvalue weighted by atomic mass is 35.5. The standard InChI is InChI=1S/C15H22Cl2N2/c1-2-4-11-5-3-7-19(8-6-11)15-10-13(17)12(16)9-14(15)18/h9-11H,2-8,18H2,1H3. The SMILES string of the molecule is CCCC1CCCN(c2cc(Cl)c(Cl)cc2N)CC1. The maximum absolute atomic E-state index is 6.11. The predicted octanol–water partition coefficient (Wildman–Crippen LogP) is 4.98. The van der Waals surface area contributed by atoms with Crippen LogP contribution in [0.15, 0.2) is 12.1 Å². The van der Waals surface area contributed by atoms with Crippen molar-refractivity contribution >= 4 is 34.6 Å². The van der Waals surface area contributed by atoms with Gasteiger partial charge in [0.05, 0.1) is 21.4 Å². The number of nitrogens with zero attached hydrogens (tertiary/aromatic N) is 1. The van der Waals surface area contributed by atoms with Crippen molar-refractivity contribution in [2.75, 3.05) is 23.7 Å². The summed E-state index contributed by atoms with van der Waals surface area (Å²) in [7, 11) is 0. The molecule has 0 radical (unpaired) electrons. The van der Waals surface area contributed by atoms with Crippen molar-refractivity contribution in [2.45, 2.75) is 39.0 Å². The van der Waals surface area contributed by atoms with E-state index in [-0.39, 0.29) is 0 Å². The normalized spacial score (nSPS) is 20.4. The molecule has 0 spiro atoms. The van der Waals surface area contributed by atoms with Gasteiger partial charge in [-0.3, -0.25) is 0 Å². The minimum Gasteiger partial charge on any atom is -0.397 e. The molecule has 0 bridgehead atoms. The van der Waals surface area contributed by atoms with Crippen LogP contribution in [0.4, 0.5) is 11.4 Å². The molecule has 1 heterocycles. The van der Waals surface area contributed by atoms with Gasteiger partial charge in [-0.05, 0) is 37.3 Å². The molecule has 1 unspecified atom stereocenters. The third-order valence-electron chi connectivity index (χ3n) is 3.95. The number of benzene rings is 1. The predicted molar refractivity (Wildman–Crippen MR) is 85.3 cm³/mol. The monoisotopic (exact) mass is 300 g/mol. The van der Waals surface area contributed by atoms with Crippen LogP contribution in [0.5, 0.6) is 0 Å². The van der Waals surface area contributed by atoms with Crippen LogP contribution in [-0.2, 0) is 0 Å². The molecule has 4 heteroatoms. The molecule has 1 aromatic rings. The summed E-state index contributed by atoms with van der Waals surface area (Å²) in [6.07, 6.45) is 6.41. The van der Waals surface area contributed by atoms with E-state index in [0.717, 1.165) is 30.4 Å². The van der Waals surface area contributed by atoms with Crippen LogP contribution in [0, 0.1) is 5.92 Å². The number of rotatable bonds is 3. The first-order valence-corrected chi connectivity index (χ1v) is 7.87. The van der Waals surface area contributed by atoms with Gasteiger partial charge >= 0.3 is 0 Å². The Morgan fingerprint density at radius 3 is 2.68 bits per heavy atom. The van der Waals surface area contributed by atoms with Crippen molar-refractivity contribution < 1.29 is 0 Å². The van der Waals surface area contributed by atoms with Crippen molar-refractivity contribution in [1.29, 1.82) is 0 Å². The molecule has 1 atom stereocenters. The highest BCUT2D eigenvalue weighted by Gasteiger charge is 2.19. The van der Waals surface area contributed by atoms with Crippen molar-refractivity contribution in [3.63, 3.8) is 0 Å². The van der Waals surface area contributed by atoms with Crippen LogP contribution in [-0.4, -0.2) is 13.1 Å². The van der Waals surface area contributed by atoms with E-state index in [1.54, 1.807) is 6.07 Å². The highest BCUT2D eigenvalue weighted by molar-refractivity contribution is 6.42. The fourth-order valence-corrected chi connectivity index (χ4v) is 3.26. The number of halogens is 2. The van der Waals surface area contributed by atoms with Crippen LogP contribution in [0.3, 0.4) is 0 Å². The third-order valence-corrected chi connectivity index (χ3v) is 4.68. The first kappa shape index (κ1) is 14.8. The van der Waals surface area contributed by atoms with Crippen molar-refractivity contribution in [3.05, 3.63) is 22.2 Å². The van der Waals surface area contributed by atoms with E-state index in [1.165, 1.54) is 32.1 Å². The van der Waals surface area contributed by atoms with Gasteiger partial charge in [0.15, 0.2) is 0 Å². The second kappa shape index (κ2) is 6.71. The number of anilines is 2. The zero-order valence-electron chi connectivity index (χ0n) is 11.5. The Balaban J connectivity index is 2.12. The Morgan fingerprint density at radius 1 is 1.21 bits per heavy atom. The van der Waals surface area contributed by atoms with E-state index in [4.69, 9.17) is 28.9 Å². The lowest BCUT2D eigenvalue weighted by molar-refractivity contribution is 0.435. The van der Waals surface area contributed by atoms with Crippen LogP contribution in [0.1, 0.15) is 39.0 Å². The molecule has 1 aromatic carbocycles. The van der Waals surface area contributed by atoms with Crippen molar-refractivity contribution in [2.24, 2.45) is 5.92 Å². The van der Waals surface area contributed by atoms with Gasteiger partial charge in [-0.25, -0.2) is 0 Å². The van der Waals surface area contributed by atoms with Crippen LogP contribution in [0.25, 0.3) is 0 Å². The first-order chi connectivity index (χ1) is 9.11. The second-order valence-corrected chi connectivity index (χ2v) is 6.21. The molecule has 2 N–H and O–H groups in total. The van der Waals surface area contributed by atoms with E-state index in [9.17, 15) is 0 Å². The number of nitrogen functional groups attached to an aromatic ring is 1. The molecule has 0 amide bonds. The minimum absolute atomic E-state index is 0.529. The molecule has 106 valence electrons. The maximum Gasteiger partial charge on any atom is 0.0615 e. The molecule has 1 aliphatic rings. The number of hydrogen-bond acceptors (Lipinski definition) is 2. The quantitative estimate of drug-likeness (QED) is 0.798. The largest absolute Gasteiger partial charge is 0.397 e. The Morgan fingerprint density at radius 2 is 1.95 bits per heavy atom. The fraction of sp³-hybridized carbons (Fsp3) is 0.600. The summed E-state index contributed by atoms with van der Waals surface area (Å²) in [6.45, 7) is 4.38. The van der Waals surface area contributed by atoms with Gasteiger partial charge in [0.2, 0.25) is 0 Å². The Labute approximate surface area is 125 Å². The van der Waals surface area contributed by atoms with Gasteiger partial charge in [-0.15, -0.1) is 0 Å². The lowest BCUT2D eigenvalue weighted by atomic mass is 9.96. The smallest absolute Gasteiger partial charge is 0.0615 e. The number of hydrogen-bond donors (Lipinski definition) is 1. The summed E-state index contributed by atoms with van der Waals surface area (Å²) in [5.74, 6) is 0.860. The summed E-state index contributed by atoms with van der Waals surface area (Å²) in [5.41, 5.74) is 7.84. The molecular weight excluding hydrogens is 279 g/mol. The average Bonchev–Trinajstić information content (AvgIpc) is 2.60. The molecule has 1 saturated heterocycles. The molecule has 0 saturated carbocycles. The zero-order valence-corrected chi connectivity index (χ0v) is 13.0. The van der Waals surface area contributed by atoms with Gasteiger partial charge in [0.25, 0.3) is 0 Å². The van der Waals surface area contributed by atoms with E-state index < -0.39 is 0 Å². The van der Waals surface area contributed by atoms with E-state index >= 15 is 0 Å². The lowest BCUT2D eigenvalue weighted by Crippen LogP contribution is -2.25. The summed E-state index contributed by atoms with van der Waals surface area (Å²) >= 11 is 12.1. The topological polar surface area (TPSA) is 29.3 Å². The molecular formula is C15H22Cl2N2. The lowest BCUT2D eigenvalue weighted by Gasteiger charge is -2.25. The van der Waals surface area contributed by atoms with Crippen molar-refractivity contribution in [1.82, 2.24) is 0 Å². The minimum atomic E-state index is 0.529. The Bertz CT molecular complexity index is 434. The molecule has 1 fully saturated rings. The van der Waals surface area contributed by atoms with E-state index in [0.29, 0.717) is 10.0 Å². The molecule has 0 aliphatic carbocycles. The van der Waals surface area contributed by atoms with Crippen molar-refractivity contribution in [3.8, 4) is 0 Å². The average molecular weight is 301 g/mol. The molecule has 2 nitrogen and oxygen atoms in total. The van der Waals surface area contributed by atoms with Gasteiger partial charge in [0, 0.05) is 13.1 Å². The zero-order chi connectivity index (χ0) is 13.8. The van der Waals surface area contributed by atoms with Gasteiger partial charge in [0.1, 0.15) is 0 Å². The first-order valence-electron chi connectivity index (χ1n) is 7.11. The summed E-state index contributed by atoms with van der Waals surface area (Å²) in [5, 5.41) is 1.11. The highest BCUT2D eigenvalue weighted by Crippen LogP contribution is 2.35. The van der Waals surface area contributed by atoms with Gasteiger partial charge in [-0.1, -0.05) is 43.0 Å². The summed E-state index contributed by atoms with van der Waals surface area (Å²) in [4.78, 5) is 2.35. The molecule has 1 aliphatic heterocycles. The molecule has 2 rings (SSSR count). The summed E-state index contributed by atoms with van der Waals surface area (Å²) < 4.78 is 0. The van der Waals surface area contributed by atoms with Crippen LogP contribution >= 0.6 is 23.2 Å². The summed E-state index contributed by atoms with van der Waals surface area (Å²) in [6, 6.07) is 3.66. The molecule has 0 aromatic heterocycles. The number of nitrogens with two attached hydrogens (primary N) is 1. The molecule has 19 heavy (non-hydrogen) atoms. The fourth-order valence-electron chi connectivity index (χ4n) is 2.93. The van der Waals surface area contributed by atoms with Gasteiger partial charge in [-0.2, -0.15) is 0 Å². The third kappa shape index (κ3) is 3.70. The Kier molecular flexibility index (Phi) is 5.23. The van der Waals surface area contributed by atoms with Crippen LogP contribution in [0.2, 0.25) is 10.0 Å². The second-order valence-electron chi connectivity index (χ2n) is 5.40. The van der Waals surface area contributed by atoms with E-state index in [1.807, 2.05) is 6.07 Å². The maximum atomic E-state index is 6.11. The van der Waals surface area contributed by atoms with Gasteiger partial charge < -0.3 is 10.6 Å². The van der Waals surface area contributed by atoms with E-state index in [2.05, 4.69) is 11.8 Å².